The summed E-state index contributed by atoms with van der Waals surface area (Å²) in [6.07, 6.45) is 1.27. The van der Waals surface area contributed by atoms with E-state index in [0.717, 1.165) is 0 Å². The van der Waals surface area contributed by atoms with Crippen LogP contribution in [0.1, 0.15) is 39.7 Å². The van der Waals surface area contributed by atoms with Gasteiger partial charge in [-0.3, -0.25) is 0 Å². The van der Waals surface area contributed by atoms with E-state index in [-0.39, 0.29) is 4.08 Å². The van der Waals surface area contributed by atoms with E-state index in [4.69, 9.17) is 23.2 Å². The summed E-state index contributed by atoms with van der Waals surface area (Å²) in [6.45, 7) is 9.29. The fourth-order valence-electron chi connectivity index (χ4n) is 2.26. The Morgan fingerprint density at radius 1 is 1.21 bits per heavy atom. The molecule has 0 aromatic heterocycles. The summed E-state index contributed by atoms with van der Waals surface area (Å²) in [4.78, 5) is 0. The maximum atomic E-state index is 6.17. The molecule has 2 rings (SSSR count). The standard InChI is InChI=1S/C15H20Cl2S2/c1-14(2,3)13-7-8-18-15(4,19-13)10-5-6-11(16)12(17)9-10/h5-6,9,13H,7-8H2,1-4H3/t13?,15-/m0/s1. The lowest BCUT2D eigenvalue weighted by Crippen LogP contribution is -2.32. The average molecular weight is 335 g/mol. The highest BCUT2D eigenvalue weighted by molar-refractivity contribution is 8.18. The van der Waals surface area contributed by atoms with Crippen molar-refractivity contribution in [2.45, 2.75) is 43.4 Å². The third-order valence-electron chi connectivity index (χ3n) is 3.53. The quantitative estimate of drug-likeness (QED) is 0.578. The molecule has 2 atom stereocenters. The molecule has 0 spiro atoms. The minimum Gasteiger partial charge on any atom is -0.140 e. The van der Waals surface area contributed by atoms with Gasteiger partial charge >= 0.3 is 0 Å². The number of hydrogen-bond donors (Lipinski definition) is 0. The molecule has 0 saturated carbocycles. The van der Waals surface area contributed by atoms with Crippen LogP contribution >= 0.6 is 46.7 Å². The summed E-state index contributed by atoms with van der Waals surface area (Å²) in [7, 11) is 0. The van der Waals surface area contributed by atoms with Crippen molar-refractivity contribution >= 4 is 46.7 Å². The van der Waals surface area contributed by atoms with E-state index in [9.17, 15) is 0 Å². The Balaban J connectivity index is 2.28. The van der Waals surface area contributed by atoms with Crippen molar-refractivity contribution in [2.75, 3.05) is 5.75 Å². The Morgan fingerprint density at radius 2 is 1.89 bits per heavy atom. The number of rotatable bonds is 1. The molecule has 1 aliphatic heterocycles. The highest BCUT2D eigenvalue weighted by Gasteiger charge is 2.39. The van der Waals surface area contributed by atoms with Gasteiger partial charge in [-0.1, -0.05) is 50.0 Å². The van der Waals surface area contributed by atoms with Crippen molar-refractivity contribution in [3.8, 4) is 0 Å². The largest absolute Gasteiger partial charge is 0.140 e. The molecule has 1 unspecified atom stereocenters. The first-order chi connectivity index (χ1) is 8.72. The Kier molecular flexibility index (Phi) is 4.77. The fourth-order valence-corrected chi connectivity index (χ4v) is 6.01. The third kappa shape index (κ3) is 3.58. The van der Waals surface area contributed by atoms with E-state index in [2.05, 4.69) is 45.5 Å². The molecule has 106 valence electrons. The molecule has 1 fully saturated rings. The van der Waals surface area contributed by atoms with Crippen LogP contribution in [0, 0.1) is 5.41 Å². The third-order valence-corrected chi connectivity index (χ3v) is 8.06. The summed E-state index contributed by atoms with van der Waals surface area (Å²) in [6, 6.07) is 6.04. The lowest BCUT2D eigenvalue weighted by atomic mass is 9.90. The predicted molar refractivity (Wildman–Crippen MR) is 91.7 cm³/mol. The molecule has 19 heavy (non-hydrogen) atoms. The van der Waals surface area contributed by atoms with Gasteiger partial charge in [0, 0.05) is 5.25 Å². The zero-order valence-corrected chi connectivity index (χ0v) is 14.9. The lowest BCUT2D eigenvalue weighted by molar-refractivity contribution is 0.386. The first-order valence-electron chi connectivity index (χ1n) is 6.50. The van der Waals surface area contributed by atoms with Crippen molar-refractivity contribution in [3.05, 3.63) is 33.8 Å². The van der Waals surface area contributed by atoms with Gasteiger partial charge in [0.1, 0.15) is 0 Å². The molecule has 1 saturated heterocycles. The molecule has 1 aliphatic rings. The van der Waals surface area contributed by atoms with Gasteiger partial charge in [-0.2, -0.15) is 0 Å². The maximum Gasteiger partial charge on any atom is 0.0835 e. The fraction of sp³-hybridized carbons (Fsp3) is 0.600. The molecule has 1 aromatic rings. The number of hydrogen-bond acceptors (Lipinski definition) is 2. The van der Waals surface area contributed by atoms with Gasteiger partial charge in [0.15, 0.2) is 0 Å². The highest BCUT2D eigenvalue weighted by Crippen LogP contribution is 2.56. The Labute approximate surface area is 135 Å². The molecule has 0 N–H and O–H groups in total. The molecule has 4 heteroatoms. The second kappa shape index (κ2) is 5.71. The highest BCUT2D eigenvalue weighted by atomic mass is 35.5. The van der Waals surface area contributed by atoms with E-state index in [1.54, 1.807) is 0 Å². The van der Waals surface area contributed by atoms with Crippen molar-refractivity contribution in [1.82, 2.24) is 0 Å². The monoisotopic (exact) mass is 334 g/mol. The zero-order chi connectivity index (χ0) is 14.3. The molecule has 0 bridgehead atoms. The summed E-state index contributed by atoms with van der Waals surface area (Å²) in [5, 5.41) is 1.96. The van der Waals surface area contributed by atoms with Crippen molar-refractivity contribution in [3.63, 3.8) is 0 Å². The van der Waals surface area contributed by atoms with Gasteiger partial charge in [0.25, 0.3) is 0 Å². The summed E-state index contributed by atoms with van der Waals surface area (Å²) in [5.41, 5.74) is 1.61. The van der Waals surface area contributed by atoms with Crippen LogP contribution < -0.4 is 0 Å². The SMILES string of the molecule is CC(C)(C)C1CCS[C@](C)(c2ccc(Cl)c(Cl)c2)S1. The first kappa shape index (κ1) is 15.9. The van der Waals surface area contributed by atoms with Crippen LogP contribution in [-0.4, -0.2) is 11.0 Å². The first-order valence-corrected chi connectivity index (χ1v) is 9.12. The molecule has 0 aliphatic carbocycles. The average Bonchev–Trinajstić information content (AvgIpc) is 2.31. The smallest absolute Gasteiger partial charge is 0.0835 e. The Bertz CT molecular complexity index is 468. The summed E-state index contributed by atoms with van der Waals surface area (Å²) >= 11 is 16.3. The summed E-state index contributed by atoms with van der Waals surface area (Å²) < 4.78 is 0.0738. The second-order valence-corrected chi connectivity index (χ2v) is 10.4. The van der Waals surface area contributed by atoms with Crippen molar-refractivity contribution in [2.24, 2.45) is 5.41 Å². The number of benzene rings is 1. The molecule has 0 amide bonds. The molecule has 1 aromatic carbocycles. The minimum absolute atomic E-state index is 0.0738. The van der Waals surface area contributed by atoms with Crippen LogP contribution in [0.15, 0.2) is 18.2 Å². The van der Waals surface area contributed by atoms with Crippen LogP contribution in [0.4, 0.5) is 0 Å². The van der Waals surface area contributed by atoms with Crippen LogP contribution in [-0.2, 0) is 4.08 Å². The van der Waals surface area contributed by atoms with Gasteiger partial charge in [-0.05, 0) is 42.2 Å². The van der Waals surface area contributed by atoms with E-state index >= 15 is 0 Å². The molecular formula is C15H20Cl2S2. The van der Waals surface area contributed by atoms with E-state index < -0.39 is 0 Å². The normalized spacial score (nSPS) is 28.4. The van der Waals surface area contributed by atoms with E-state index in [1.807, 2.05) is 23.9 Å². The van der Waals surface area contributed by atoms with Gasteiger partial charge in [0.2, 0.25) is 0 Å². The van der Waals surface area contributed by atoms with Gasteiger partial charge in [-0.25, -0.2) is 0 Å². The Hall–Kier alpha value is 0.500. The number of thioether (sulfide) groups is 2. The molecule has 0 radical (unpaired) electrons. The van der Waals surface area contributed by atoms with Gasteiger partial charge in [0.05, 0.1) is 14.1 Å². The Morgan fingerprint density at radius 3 is 2.47 bits per heavy atom. The van der Waals surface area contributed by atoms with E-state index in [1.165, 1.54) is 17.7 Å². The molecular weight excluding hydrogens is 315 g/mol. The molecule has 1 heterocycles. The van der Waals surface area contributed by atoms with Gasteiger partial charge in [-0.15, -0.1) is 23.5 Å². The minimum atomic E-state index is 0.0738. The topological polar surface area (TPSA) is 0 Å². The number of halogens is 2. The van der Waals surface area contributed by atoms with E-state index in [0.29, 0.717) is 20.7 Å². The maximum absolute atomic E-state index is 6.17. The van der Waals surface area contributed by atoms with Gasteiger partial charge < -0.3 is 0 Å². The molecule has 0 nitrogen and oxygen atoms in total. The van der Waals surface area contributed by atoms with Crippen molar-refractivity contribution in [1.29, 1.82) is 0 Å². The second-order valence-electron chi connectivity index (χ2n) is 6.18. The summed E-state index contributed by atoms with van der Waals surface area (Å²) in [5.74, 6) is 1.20. The van der Waals surface area contributed by atoms with Crippen LogP contribution in [0.3, 0.4) is 0 Å². The van der Waals surface area contributed by atoms with Crippen LogP contribution in [0.2, 0.25) is 10.0 Å². The lowest BCUT2D eigenvalue weighted by Gasteiger charge is -2.43. The van der Waals surface area contributed by atoms with Crippen LogP contribution in [0.25, 0.3) is 0 Å². The predicted octanol–water partition coefficient (Wildman–Crippen LogP) is 6.45. The van der Waals surface area contributed by atoms with Crippen LogP contribution in [0.5, 0.6) is 0 Å². The van der Waals surface area contributed by atoms with Crippen molar-refractivity contribution < 1.29 is 0 Å². The zero-order valence-electron chi connectivity index (χ0n) is 11.8.